The largest absolute Gasteiger partial charge is 0.456 e. The lowest BCUT2D eigenvalue weighted by molar-refractivity contribution is 0.442. The van der Waals surface area contributed by atoms with Gasteiger partial charge in [0.2, 0.25) is 0 Å². The van der Waals surface area contributed by atoms with Crippen molar-refractivity contribution in [3.05, 3.63) is 241 Å². The van der Waals surface area contributed by atoms with Gasteiger partial charge in [0, 0.05) is 38.8 Å². The summed E-state index contributed by atoms with van der Waals surface area (Å²) in [4.78, 5) is 20.2. The molecule has 0 radical (unpaired) electrons. The summed E-state index contributed by atoms with van der Waals surface area (Å²) in [6.45, 7) is 0. The van der Waals surface area contributed by atoms with E-state index in [0.717, 1.165) is 83.4 Å². The number of ether oxygens (including phenoxy) is 1. The van der Waals surface area contributed by atoms with Gasteiger partial charge in [0.25, 0.3) is 0 Å². The molecule has 5 nitrogen and oxygen atoms in total. The monoisotopic (exact) mass is 816 g/mol. The number of hydrogen-bond acceptors (Lipinski definition) is 5. The van der Waals surface area contributed by atoms with E-state index in [4.69, 9.17) is 24.7 Å². The topological polar surface area (TPSA) is 60.8 Å². The van der Waals surface area contributed by atoms with Crippen molar-refractivity contribution in [1.82, 2.24) is 19.9 Å². The van der Waals surface area contributed by atoms with Crippen LogP contribution in [-0.2, 0) is 5.41 Å². The summed E-state index contributed by atoms with van der Waals surface area (Å²) >= 11 is 0. The first-order valence-electron chi connectivity index (χ1n) is 21.6. The molecule has 11 aromatic rings. The van der Waals surface area contributed by atoms with Gasteiger partial charge in [-0.3, -0.25) is 0 Å². The molecular formula is C59H36N4O. The minimum absolute atomic E-state index is 0.571. The SMILES string of the molecule is c1ccc(-c2nc(-c3ccccc3)nc(-c3ccc(-c4ccc(-c5nc6ccccc6c6ccc7c(c56)Oc5ccccc5C75c6ccccc6-c6ccccc65)cc4)cc3)n2)cc1. The molecule has 3 heterocycles. The predicted octanol–water partition coefficient (Wildman–Crippen LogP) is 14.4. The molecule has 2 aliphatic rings. The molecule has 0 bridgehead atoms. The summed E-state index contributed by atoms with van der Waals surface area (Å²) < 4.78 is 7.17. The zero-order valence-electron chi connectivity index (χ0n) is 34.5. The van der Waals surface area contributed by atoms with E-state index in [1.807, 2.05) is 60.7 Å². The van der Waals surface area contributed by atoms with Crippen molar-refractivity contribution in [2.24, 2.45) is 0 Å². The van der Waals surface area contributed by atoms with Crippen molar-refractivity contribution in [1.29, 1.82) is 0 Å². The molecular weight excluding hydrogens is 781 g/mol. The molecule has 0 N–H and O–H groups in total. The normalized spacial score (nSPS) is 12.9. The van der Waals surface area contributed by atoms with Crippen LogP contribution in [0.15, 0.2) is 218 Å². The molecule has 0 fully saturated rings. The second-order valence-electron chi connectivity index (χ2n) is 16.5. The molecule has 0 saturated heterocycles. The van der Waals surface area contributed by atoms with Gasteiger partial charge < -0.3 is 4.74 Å². The van der Waals surface area contributed by atoms with E-state index in [1.54, 1.807) is 0 Å². The van der Waals surface area contributed by atoms with Crippen molar-refractivity contribution in [3.63, 3.8) is 0 Å². The molecule has 1 spiro atoms. The Labute approximate surface area is 370 Å². The lowest BCUT2D eigenvalue weighted by Crippen LogP contribution is -2.32. The first-order valence-corrected chi connectivity index (χ1v) is 21.6. The first-order chi connectivity index (χ1) is 31.7. The Bertz CT molecular complexity index is 3520. The van der Waals surface area contributed by atoms with Gasteiger partial charge in [-0.1, -0.05) is 206 Å². The van der Waals surface area contributed by atoms with Crippen molar-refractivity contribution >= 4 is 21.7 Å². The fourth-order valence-electron chi connectivity index (χ4n) is 10.1. The van der Waals surface area contributed by atoms with Gasteiger partial charge in [-0.15, -0.1) is 0 Å². The maximum atomic E-state index is 7.17. The van der Waals surface area contributed by atoms with Crippen LogP contribution in [0.1, 0.15) is 22.3 Å². The van der Waals surface area contributed by atoms with Gasteiger partial charge in [0.15, 0.2) is 17.5 Å². The van der Waals surface area contributed by atoms with Crippen LogP contribution in [0.5, 0.6) is 11.5 Å². The van der Waals surface area contributed by atoms with E-state index >= 15 is 0 Å². The molecule has 0 amide bonds. The Balaban J connectivity index is 0.940. The number of para-hydroxylation sites is 2. The highest BCUT2D eigenvalue weighted by Crippen LogP contribution is 2.63. The number of pyridine rings is 1. The maximum absolute atomic E-state index is 7.17. The van der Waals surface area contributed by atoms with Crippen LogP contribution in [0.2, 0.25) is 0 Å². The van der Waals surface area contributed by atoms with Crippen molar-refractivity contribution in [3.8, 4) is 79.2 Å². The van der Waals surface area contributed by atoms with Crippen molar-refractivity contribution in [2.45, 2.75) is 5.41 Å². The molecule has 5 heteroatoms. The van der Waals surface area contributed by atoms with E-state index in [-0.39, 0.29) is 0 Å². The minimum atomic E-state index is -0.571. The number of rotatable bonds is 5. The minimum Gasteiger partial charge on any atom is -0.456 e. The maximum Gasteiger partial charge on any atom is 0.164 e. The van der Waals surface area contributed by atoms with Crippen LogP contribution in [0.3, 0.4) is 0 Å². The average molecular weight is 817 g/mol. The summed E-state index contributed by atoms with van der Waals surface area (Å²) in [5, 5.41) is 3.21. The Morgan fingerprint density at radius 2 is 0.781 bits per heavy atom. The quantitative estimate of drug-likeness (QED) is 0.162. The first kappa shape index (κ1) is 36.1. The Morgan fingerprint density at radius 1 is 0.312 bits per heavy atom. The summed E-state index contributed by atoms with van der Waals surface area (Å²) in [5.74, 6) is 3.62. The Kier molecular flexibility index (Phi) is 8.06. The lowest BCUT2D eigenvalue weighted by atomic mass is 9.65. The molecule has 0 saturated carbocycles. The second kappa shape index (κ2) is 14.3. The Hall–Kier alpha value is -8.54. The standard InChI is InChI=1S/C59H36N4O/c1-3-15-40(16-4-1)56-61-57(41-17-5-2-6-18-41)63-58(62-56)42-33-29-38(30-34-42)37-27-31-39(32-28-37)54-53-46(45-21-9-13-25-51(45)60-54)35-36-50-55(53)64-52-26-14-12-24-49(52)59(50)47-22-10-7-19-43(47)44-20-8-11-23-48(44)59/h1-36H. The Morgan fingerprint density at radius 3 is 1.39 bits per heavy atom. The second-order valence-corrected chi connectivity index (χ2v) is 16.5. The van der Waals surface area contributed by atoms with Gasteiger partial charge in [0.1, 0.15) is 11.5 Å². The fourth-order valence-corrected chi connectivity index (χ4v) is 10.1. The smallest absolute Gasteiger partial charge is 0.164 e. The third kappa shape index (κ3) is 5.44. The zero-order valence-corrected chi connectivity index (χ0v) is 34.5. The number of fused-ring (bicyclic) bond motifs is 13. The van der Waals surface area contributed by atoms with E-state index < -0.39 is 5.41 Å². The highest BCUT2D eigenvalue weighted by atomic mass is 16.5. The number of hydrogen-bond donors (Lipinski definition) is 0. The van der Waals surface area contributed by atoms with Crippen molar-refractivity contribution in [2.75, 3.05) is 0 Å². The van der Waals surface area contributed by atoms with E-state index in [1.165, 1.54) is 22.3 Å². The highest BCUT2D eigenvalue weighted by molar-refractivity contribution is 6.14. The van der Waals surface area contributed by atoms with Gasteiger partial charge in [-0.2, -0.15) is 0 Å². The van der Waals surface area contributed by atoms with E-state index in [0.29, 0.717) is 17.5 Å². The third-order valence-corrected chi connectivity index (χ3v) is 13.0. The van der Waals surface area contributed by atoms with Crippen LogP contribution >= 0.6 is 0 Å². The van der Waals surface area contributed by atoms with Crippen LogP contribution in [0.25, 0.3) is 89.4 Å². The molecule has 1 aliphatic heterocycles. The van der Waals surface area contributed by atoms with E-state index in [2.05, 4.69) is 158 Å². The summed E-state index contributed by atoms with van der Waals surface area (Å²) in [6, 6.07) is 76.7. The van der Waals surface area contributed by atoms with Crippen LogP contribution in [0, 0.1) is 0 Å². The number of aromatic nitrogens is 4. The van der Waals surface area contributed by atoms with Crippen LogP contribution in [-0.4, -0.2) is 19.9 Å². The molecule has 298 valence electrons. The highest BCUT2D eigenvalue weighted by Gasteiger charge is 2.51. The summed E-state index contributed by atoms with van der Waals surface area (Å²) in [6.07, 6.45) is 0. The lowest BCUT2D eigenvalue weighted by Gasteiger charge is -2.40. The summed E-state index contributed by atoms with van der Waals surface area (Å²) in [7, 11) is 0. The molecule has 2 aromatic heterocycles. The van der Waals surface area contributed by atoms with Crippen LogP contribution in [0.4, 0.5) is 0 Å². The fraction of sp³-hybridized carbons (Fsp3) is 0.0169. The molecule has 9 aromatic carbocycles. The van der Waals surface area contributed by atoms with Crippen LogP contribution < -0.4 is 4.74 Å². The van der Waals surface area contributed by atoms with Gasteiger partial charge in [0.05, 0.1) is 22.0 Å². The molecule has 0 atom stereocenters. The molecule has 1 aliphatic carbocycles. The average Bonchev–Trinajstić information content (AvgIpc) is 3.67. The van der Waals surface area contributed by atoms with Gasteiger partial charge >= 0.3 is 0 Å². The predicted molar refractivity (Wildman–Crippen MR) is 257 cm³/mol. The van der Waals surface area contributed by atoms with E-state index in [9.17, 15) is 0 Å². The third-order valence-electron chi connectivity index (χ3n) is 13.0. The zero-order chi connectivity index (χ0) is 42.2. The molecule has 64 heavy (non-hydrogen) atoms. The van der Waals surface area contributed by atoms with Crippen molar-refractivity contribution < 1.29 is 4.74 Å². The molecule has 0 unspecified atom stereocenters. The number of benzene rings is 9. The van der Waals surface area contributed by atoms with Gasteiger partial charge in [-0.05, 0) is 50.9 Å². The molecule has 13 rings (SSSR count). The van der Waals surface area contributed by atoms with Gasteiger partial charge in [-0.25, -0.2) is 19.9 Å². The summed E-state index contributed by atoms with van der Waals surface area (Å²) in [5.41, 5.74) is 14.6. The number of nitrogens with zero attached hydrogens (tertiary/aromatic N) is 4.